The van der Waals surface area contributed by atoms with Crippen molar-refractivity contribution in [2.45, 2.75) is 56.9 Å². The number of aryl methyl sites for hydroxylation is 1. The second-order valence-electron chi connectivity index (χ2n) is 7.33. The van der Waals surface area contributed by atoms with E-state index in [1.807, 2.05) is 12.1 Å². The van der Waals surface area contributed by atoms with Crippen LogP contribution in [0.4, 0.5) is 0 Å². The number of carbonyl (C=O) groups is 1. The maximum Gasteiger partial charge on any atom is 0.305 e. The predicted molar refractivity (Wildman–Crippen MR) is 118 cm³/mol. The normalized spacial score (nSPS) is 12.9. The highest BCUT2D eigenvalue weighted by atomic mass is 35.5. The molecule has 0 bridgehead atoms. The zero-order valence-corrected chi connectivity index (χ0v) is 19.4. The molecule has 1 aromatic heterocycles. The Morgan fingerprint density at radius 3 is 2.45 bits per heavy atom. The molecule has 0 saturated carbocycles. The van der Waals surface area contributed by atoms with Crippen molar-refractivity contribution in [2.24, 2.45) is 5.92 Å². The molecule has 2 rings (SSSR count). The largest absolute Gasteiger partial charge is 0.469 e. The summed E-state index contributed by atoms with van der Waals surface area (Å²) in [4.78, 5) is 13.6. The summed E-state index contributed by atoms with van der Waals surface area (Å²) in [5, 5.41) is 0.492. The molecule has 1 heterocycles. The molecular formula is C21H28ClNO4S2. The van der Waals surface area contributed by atoms with Crippen LogP contribution in [0.2, 0.25) is 5.02 Å². The minimum atomic E-state index is -3.67. The van der Waals surface area contributed by atoms with Crippen LogP contribution in [0.5, 0.6) is 0 Å². The summed E-state index contributed by atoms with van der Waals surface area (Å²) in [6.45, 7) is 4.31. The summed E-state index contributed by atoms with van der Waals surface area (Å²) in [7, 11) is -2.30. The molecule has 1 N–H and O–H groups in total. The van der Waals surface area contributed by atoms with Gasteiger partial charge in [-0.05, 0) is 55.2 Å². The minimum absolute atomic E-state index is 0.193. The fourth-order valence-electron chi connectivity index (χ4n) is 2.90. The summed E-state index contributed by atoms with van der Waals surface area (Å²) in [6, 6.07) is 9.74. The van der Waals surface area contributed by atoms with Gasteiger partial charge in [0.15, 0.2) is 0 Å². The highest BCUT2D eigenvalue weighted by Crippen LogP contribution is 2.30. The minimum Gasteiger partial charge on any atom is -0.469 e. The lowest BCUT2D eigenvalue weighted by Crippen LogP contribution is -2.28. The van der Waals surface area contributed by atoms with Crippen molar-refractivity contribution in [3.63, 3.8) is 0 Å². The Morgan fingerprint density at radius 2 is 1.83 bits per heavy atom. The lowest BCUT2D eigenvalue weighted by atomic mass is 10.0. The van der Waals surface area contributed by atoms with Gasteiger partial charge in [-0.2, -0.15) is 0 Å². The van der Waals surface area contributed by atoms with Gasteiger partial charge in [0.1, 0.15) is 0 Å². The van der Waals surface area contributed by atoms with Crippen LogP contribution in [-0.2, 0) is 26.0 Å². The van der Waals surface area contributed by atoms with E-state index in [1.54, 1.807) is 12.1 Å². The molecular weight excluding hydrogens is 430 g/mol. The van der Waals surface area contributed by atoms with Crippen LogP contribution in [0.25, 0.3) is 0 Å². The van der Waals surface area contributed by atoms with Gasteiger partial charge >= 0.3 is 5.97 Å². The van der Waals surface area contributed by atoms with E-state index in [2.05, 4.69) is 23.3 Å². The first-order chi connectivity index (χ1) is 13.7. The fraction of sp³-hybridized carbons (Fsp3) is 0.476. The van der Waals surface area contributed by atoms with E-state index < -0.39 is 10.0 Å². The van der Waals surface area contributed by atoms with Crippen LogP contribution in [0.15, 0.2) is 41.3 Å². The van der Waals surface area contributed by atoms with Crippen LogP contribution in [-0.4, -0.2) is 21.5 Å². The van der Waals surface area contributed by atoms with Crippen LogP contribution >= 0.6 is 22.9 Å². The molecule has 1 unspecified atom stereocenters. The molecule has 0 fully saturated rings. The number of esters is 1. The van der Waals surface area contributed by atoms with Gasteiger partial charge in [0, 0.05) is 14.8 Å². The number of sulfonamides is 1. The van der Waals surface area contributed by atoms with Crippen molar-refractivity contribution in [3.8, 4) is 0 Å². The van der Waals surface area contributed by atoms with Crippen LogP contribution < -0.4 is 4.72 Å². The number of thiophene rings is 1. The molecule has 8 heteroatoms. The molecule has 0 radical (unpaired) electrons. The van der Waals surface area contributed by atoms with Crippen molar-refractivity contribution in [1.29, 1.82) is 0 Å². The smallest absolute Gasteiger partial charge is 0.305 e. The Bertz CT molecular complexity index is 892. The number of rotatable bonds is 11. The van der Waals surface area contributed by atoms with Gasteiger partial charge in [-0.15, -0.1) is 11.3 Å². The Balaban J connectivity index is 2.17. The van der Waals surface area contributed by atoms with Gasteiger partial charge in [-0.1, -0.05) is 38.3 Å². The predicted octanol–water partition coefficient (Wildman–Crippen LogP) is 5.35. The lowest BCUT2D eigenvalue weighted by molar-refractivity contribution is -0.140. The molecule has 0 amide bonds. The number of benzene rings is 1. The number of carbonyl (C=O) groups excluding carboxylic acids is 1. The van der Waals surface area contributed by atoms with Gasteiger partial charge < -0.3 is 4.74 Å². The molecule has 1 atom stereocenters. The summed E-state index contributed by atoms with van der Waals surface area (Å²) in [5.41, 5.74) is 0. The molecule has 0 spiro atoms. The summed E-state index contributed by atoms with van der Waals surface area (Å²) in [6.07, 6.45) is 3.55. The van der Waals surface area contributed by atoms with Gasteiger partial charge in [-0.3, -0.25) is 4.79 Å². The van der Waals surface area contributed by atoms with Gasteiger partial charge in [0.25, 0.3) is 0 Å². The van der Waals surface area contributed by atoms with Gasteiger partial charge in [0.2, 0.25) is 10.0 Å². The van der Waals surface area contributed by atoms with E-state index in [0.29, 0.717) is 30.2 Å². The number of hydrogen-bond donors (Lipinski definition) is 1. The molecule has 0 aliphatic heterocycles. The van der Waals surface area contributed by atoms with Crippen LogP contribution in [0.3, 0.4) is 0 Å². The van der Waals surface area contributed by atoms with Gasteiger partial charge in [0.05, 0.1) is 24.5 Å². The second kappa shape index (κ2) is 11.1. The van der Waals surface area contributed by atoms with E-state index in [9.17, 15) is 13.2 Å². The van der Waals surface area contributed by atoms with Crippen molar-refractivity contribution in [2.75, 3.05) is 7.11 Å². The Kier molecular flexibility index (Phi) is 9.14. The third-order valence-corrected chi connectivity index (χ3v) is 7.52. The van der Waals surface area contributed by atoms with E-state index in [-0.39, 0.29) is 16.9 Å². The molecule has 2 aromatic rings. The zero-order valence-electron chi connectivity index (χ0n) is 17.0. The van der Waals surface area contributed by atoms with Crippen molar-refractivity contribution in [3.05, 3.63) is 51.2 Å². The maximum absolute atomic E-state index is 12.9. The van der Waals surface area contributed by atoms with E-state index in [0.717, 1.165) is 22.6 Å². The van der Waals surface area contributed by atoms with E-state index in [1.165, 1.54) is 30.6 Å². The molecule has 29 heavy (non-hydrogen) atoms. The number of hydrogen-bond acceptors (Lipinski definition) is 5. The molecule has 0 saturated heterocycles. The lowest BCUT2D eigenvalue weighted by Gasteiger charge is -2.18. The first kappa shape index (κ1) is 23.9. The summed E-state index contributed by atoms with van der Waals surface area (Å²) < 4.78 is 33.3. The molecule has 5 nitrogen and oxygen atoms in total. The average Bonchev–Trinajstić information content (AvgIpc) is 3.14. The summed E-state index contributed by atoms with van der Waals surface area (Å²) in [5.74, 6) is 0.305. The number of halogens is 1. The fourth-order valence-corrected chi connectivity index (χ4v) is 5.45. The Labute approximate surface area is 182 Å². The maximum atomic E-state index is 12.9. The van der Waals surface area contributed by atoms with Gasteiger partial charge in [-0.25, -0.2) is 13.1 Å². The molecule has 160 valence electrons. The first-order valence-corrected chi connectivity index (χ1v) is 12.3. The number of ether oxygens (including phenoxy) is 1. The van der Waals surface area contributed by atoms with Crippen LogP contribution in [0.1, 0.15) is 55.3 Å². The standard InChI is InChI=1S/C21H28ClNO4S2/c1-15(2)5-4-6-19(20-13-9-17(28-20)10-14-21(24)27-3)23-29(25,26)18-11-7-16(22)8-12-18/h7-9,11-13,15,19,23H,4-6,10,14H2,1-3H3. The van der Waals surface area contributed by atoms with Crippen molar-refractivity contribution in [1.82, 2.24) is 4.72 Å². The monoisotopic (exact) mass is 457 g/mol. The second-order valence-corrected chi connectivity index (χ2v) is 10.7. The van der Waals surface area contributed by atoms with Crippen molar-refractivity contribution < 1.29 is 17.9 Å². The highest BCUT2D eigenvalue weighted by Gasteiger charge is 2.23. The highest BCUT2D eigenvalue weighted by molar-refractivity contribution is 7.89. The zero-order chi connectivity index (χ0) is 21.4. The quantitative estimate of drug-likeness (QED) is 0.461. The average molecular weight is 458 g/mol. The SMILES string of the molecule is COC(=O)CCc1ccc(C(CCCC(C)C)NS(=O)(=O)c2ccc(Cl)cc2)s1. The van der Waals surface area contributed by atoms with Crippen molar-refractivity contribution >= 4 is 38.9 Å². The third kappa shape index (κ3) is 7.74. The Hall–Kier alpha value is -1.41. The topological polar surface area (TPSA) is 72.5 Å². The summed E-state index contributed by atoms with van der Waals surface area (Å²) >= 11 is 7.42. The molecule has 0 aliphatic rings. The third-order valence-electron chi connectivity index (χ3n) is 4.52. The number of nitrogens with one attached hydrogen (secondary N) is 1. The number of methoxy groups -OCH3 is 1. The van der Waals surface area contributed by atoms with Crippen LogP contribution in [0, 0.1) is 5.92 Å². The van der Waals surface area contributed by atoms with E-state index >= 15 is 0 Å². The molecule has 0 aliphatic carbocycles. The molecule has 1 aromatic carbocycles. The first-order valence-electron chi connectivity index (χ1n) is 9.64. The Morgan fingerprint density at radius 1 is 1.14 bits per heavy atom. The van der Waals surface area contributed by atoms with E-state index in [4.69, 9.17) is 11.6 Å².